The van der Waals surface area contributed by atoms with Gasteiger partial charge < -0.3 is 23.7 Å². The number of methoxy groups -OCH3 is 5. The molecule has 0 bridgehead atoms. The lowest BCUT2D eigenvalue weighted by Crippen LogP contribution is -2.09. The lowest BCUT2D eigenvalue weighted by Gasteiger charge is -2.19. The van der Waals surface area contributed by atoms with Crippen LogP contribution in [-0.4, -0.2) is 41.3 Å². The number of hydrogen-bond acceptors (Lipinski definition) is 6. The van der Waals surface area contributed by atoms with Crippen LogP contribution >= 0.6 is 0 Å². The van der Waals surface area contributed by atoms with E-state index in [-0.39, 0.29) is 17.3 Å². The topological polar surface area (TPSA) is 63.2 Å². The molecule has 6 heteroatoms. The van der Waals surface area contributed by atoms with Crippen molar-refractivity contribution in [2.45, 2.75) is 19.8 Å². The zero-order valence-corrected chi connectivity index (χ0v) is 17.3. The van der Waals surface area contributed by atoms with Crippen LogP contribution in [0, 0.1) is 5.92 Å². The second-order valence-corrected chi connectivity index (χ2v) is 6.16. The summed E-state index contributed by atoms with van der Waals surface area (Å²) in [5.74, 6) is 1.82. The van der Waals surface area contributed by atoms with E-state index in [4.69, 9.17) is 23.7 Å². The number of hydrogen-bond donors (Lipinski definition) is 0. The van der Waals surface area contributed by atoms with Crippen molar-refractivity contribution in [3.63, 3.8) is 0 Å². The third kappa shape index (κ3) is 4.32. The summed E-state index contributed by atoms with van der Waals surface area (Å²) in [6, 6.07) is 1.63. The molecule has 0 heterocycles. The molecule has 152 valence electrons. The maximum atomic E-state index is 13.1. The van der Waals surface area contributed by atoms with Gasteiger partial charge in [-0.1, -0.05) is 24.6 Å². The Morgan fingerprint density at radius 2 is 1.61 bits per heavy atom. The number of allylic oxidation sites excluding steroid dienone is 4. The van der Waals surface area contributed by atoms with E-state index in [2.05, 4.69) is 13.0 Å². The molecular formula is C22H28O6. The van der Waals surface area contributed by atoms with Gasteiger partial charge in [0.05, 0.1) is 41.5 Å². The van der Waals surface area contributed by atoms with Crippen LogP contribution < -0.4 is 18.9 Å². The summed E-state index contributed by atoms with van der Waals surface area (Å²) in [5.41, 5.74) is 1.55. The lowest BCUT2D eigenvalue weighted by atomic mass is 9.92. The van der Waals surface area contributed by atoms with Gasteiger partial charge in [0.1, 0.15) is 11.3 Å². The molecule has 0 saturated heterocycles. The summed E-state index contributed by atoms with van der Waals surface area (Å²) >= 11 is 0. The maximum Gasteiger partial charge on any atom is 0.193 e. The first-order chi connectivity index (χ1) is 13.5. The molecule has 1 aromatic carbocycles. The average Bonchev–Trinajstić information content (AvgIpc) is 2.75. The van der Waals surface area contributed by atoms with Gasteiger partial charge in [0.25, 0.3) is 0 Å². The molecule has 6 nitrogen and oxygen atoms in total. The molecule has 1 unspecified atom stereocenters. The molecule has 0 radical (unpaired) electrons. The number of benzene rings is 1. The summed E-state index contributed by atoms with van der Waals surface area (Å²) in [6.45, 7) is 2.11. The Bertz CT molecular complexity index is 773. The van der Waals surface area contributed by atoms with Crippen molar-refractivity contribution in [1.29, 1.82) is 0 Å². The van der Waals surface area contributed by atoms with Crippen molar-refractivity contribution in [3.8, 4) is 23.0 Å². The number of carbonyl (C=O) groups excluding carboxylic acids is 1. The molecular weight excluding hydrogens is 360 g/mol. The molecule has 1 aromatic rings. The van der Waals surface area contributed by atoms with Crippen molar-refractivity contribution in [3.05, 3.63) is 47.3 Å². The van der Waals surface area contributed by atoms with Crippen LogP contribution in [-0.2, 0) is 4.74 Å². The predicted molar refractivity (Wildman–Crippen MR) is 108 cm³/mol. The minimum atomic E-state index is -0.279. The molecule has 1 aliphatic carbocycles. The zero-order valence-electron chi connectivity index (χ0n) is 17.3. The van der Waals surface area contributed by atoms with E-state index in [1.807, 2.05) is 12.2 Å². The Morgan fingerprint density at radius 3 is 2.07 bits per heavy atom. The zero-order chi connectivity index (χ0) is 20.7. The Labute approximate surface area is 166 Å². The number of rotatable bonds is 9. The Hall–Kier alpha value is -2.89. The minimum absolute atomic E-state index is 0.0952. The maximum absolute atomic E-state index is 13.1. The molecule has 0 amide bonds. The minimum Gasteiger partial charge on any atom is -0.500 e. The quantitative estimate of drug-likeness (QED) is 0.356. The fraction of sp³-hybridized carbons (Fsp3) is 0.409. The summed E-state index contributed by atoms with van der Waals surface area (Å²) in [5, 5.41) is 0. The number of ketones is 1. The van der Waals surface area contributed by atoms with Crippen molar-refractivity contribution in [2.75, 3.05) is 35.5 Å². The van der Waals surface area contributed by atoms with Crippen LogP contribution in [0.1, 0.15) is 30.1 Å². The van der Waals surface area contributed by atoms with Gasteiger partial charge in [-0.05, 0) is 25.0 Å². The Morgan fingerprint density at radius 1 is 1.00 bits per heavy atom. The van der Waals surface area contributed by atoms with Crippen LogP contribution in [0.4, 0.5) is 0 Å². The second kappa shape index (κ2) is 9.88. The normalized spacial score (nSPS) is 16.3. The third-order valence-electron chi connectivity index (χ3n) is 4.71. The highest BCUT2D eigenvalue weighted by molar-refractivity contribution is 6.10. The molecule has 0 fully saturated rings. The van der Waals surface area contributed by atoms with E-state index in [9.17, 15) is 4.79 Å². The van der Waals surface area contributed by atoms with Gasteiger partial charge >= 0.3 is 0 Å². The van der Waals surface area contributed by atoms with Crippen molar-refractivity contribution < 1.29 is 28.5 Å². The molecule has 0 aromatic heterocycles. The smallest absolute Gasteiger partial charge is 0.193 e. The highest BCUT2D eigenvalue weighted by atomic mass is 16.5. The SMILES string of the molecule is CCC1=CC(/C=C/C(=O)c2c(OC)c(OC)cc(OC)c2OC)C(OC)=CC1. The van der Waals surface area contributed by atoms with Crippen LogP contribution in [0.15, 0.2) is 41.7 Å². The highest BCUT2D eigenvalue weighted by Gasteiger charge is 2.26. The van der Waals surface area contributed by atoms with Crippen molar-refractivity contribution in [2.24, 2.45) is 5.92 Å². The largest absolute Gasteiger partial charge is 0.500 e. The van der Waals surface area contributed by atoms with Gasteiger partial charge in [0.15, 0.2) is 28.8 Å². The van der Waals surface area contributed by atoms with E-state index in [0.29, 0.717) is 23.0 Å². The van der Waals surface area contributed by atoms with Gasteiger partial charge in [0, 0.05) is 6.07 Å². The van der Waals surface area contributed by atoms with Crippen LogP contribution in [0.5, 0.6) is 23.0 Å². The van der Waals surface area contributed by atoms with Gasteiger partial charge in [-0.15, -0.1) is 0 Å². The van der Waals surface area contributed by atoms with Gasteiger partial charge in [-0.25, -0.2) is 0 Å². The highest BCUT2D eigenvalue weighted by Crippen LogP contribution is 2.44. The number of ether oxygens (including phenoxy) is 5. The molecule has 1 aliphatic rings. The molecule has 0 spiro atoms. The third-order valence-corrected chi connectivity index (χ3v) is 4.71. The Balaban J connectivity index is 2.48. The van der Waals surface area contributed by atoms with Crippen LogP contribution in [0.3, 0.4) is 0 Å². The Kier molecular flexibility index (Phi) is 7.55. The molecule has 1 atom stereocenters. The first kappa shape index (κ1) is 21.4. The fourth-order valence-electron chi connectivity index (χ4n) is 3.21. The van der Waals surface area contributed by atoms with Crippen LogP contribution in [0.2, 0.25) is 0 Å². The van der Waals surface area contributed by atoms with E-state index in [1.165, 1.54) is 40.1 Å². The van der Waals surface area contributed by atoms with Gasteiger partial charge in [0.2, 0.25) is 0 Å². The van der Waals surface area contributed by atoms with Crippen molar-refractivity contribution in [1.82, 2.24) is 0 Å². The van der Waals surface area contributed by atoms with E-state index < -0.39 is 0 Å². The van der Waals surface area contributed by atoms with Gasteiger partial charge in [-0.3, -0.25) is 4.79 Å². The molecule has 0 saturated carbocycles. The predicted octanol–water partition coefficient (Wildman–Crippen LogP) is 4.35. The molecule has 28 heavy (non-hydrogen) atoms. The monoisotopic (exact) mass is 388 g/mol. The van der Waals surface area contributed by atoms with E-state index in [1.54, 1.807) is 13.2 Å². The van der Waals surface area contributed by atoms with Crippen LogP contribution in [0.25, 0.3) is 0 Å². The fourth-order valence-corrected chi connectivity index (χ4v) is 3.21. The molecule has 0 N–H and O–H groups in total. The second-order valence-electron chi connectivity index (χ2n) is 6.16. The van der Waals surface area contributed by atoms with Gasteiger partial charge in [-0.2, -0.15) is 0 Å². The lowest BCUT2D eigenvalue weighted by molar-refractivity contribution is 0.103. The summed E-state index contributed by atoms with van der Waals surface area (Å²) in [7, 11) is 7.60. The summed E-state index contributed by atoms with van der Waals surface area (Å²) < 4.78 is 27.0. The molecule has 0 aliphatic heterocycles. The molecule has 2 rings (SSSR count). The number of carbonyl (C=O) groups is 1. The first-order valence-corrected chi connectivity index (χ1v) is 9.07. The van der Waals surface area contributed by atoms with Crippen molar-refractivity contribution >= 4 is 5.78 Å². The van der Waals surface area contributed by atoms with E-state index in [0.717, 1.165) is 18.6 Å². The summed E-state index contributed by atoms with van der Waals surface area (Å²) in [6.07, 6.45) is 9.33. The first-order valence-electron chi connectivity index (χ1n) is 9.07. The average molecular weight is 388 g/mol. The standard InChI is InChI=1S/C22H28O6/c1-7-14-8-11-17(24-2)15(12-14)9-10-16(23)20-21(27-5)18(25-3)13-19(26-4)22(20)28-6/h9-13,15H,7-8H2,1-6H3/b10-9+. The van der Waals surface area contributed by atoms with E-state index >= 15 is 0 Å². The summed E-state index contributed by atoms with van der Waals surface area (Å²) in [4.78, 5) is 13.1.